The maximum absolute atomic E-state index is 6.13. The van der Waals surface area contributed by atoms with Crippen molar-refractivity contribution in [3.8, 4) is 0 Å². The van der Waals surface area contributed by atoms with Gasteiger partial charge in [-0.1, -0.05) is 54.6 Å². The number of rotatable bonds is 3. The van der Waals surface area contributed by atoms with Gasteiger partial charge in [0, 0.05) is 5.92 Å². The van der Waals surface area contributed by atoms with Gasteiger partial charge in [-0.15, -0.1) is 0 Å². The van der Waals surface area contributed by atoms with Crippen LogP contribution >= 0.6 is 0 Å². The lowest BCUT2D eigenvalue weighted by atomic mass is 9.84. The third kappa shape index (κ3) is 1.58. The molecule has 3 aliphatic carbocycles. The summed E-state index contributed by atoms with van der Waals surface area (Å²) in [7, 11) is 0. The third-order valence-electron chi connectivity index (χ3n) is 4.77. The molecular formula is C17H18O. The summed E-state index contributed by atoms with van der Waals surface area (Å²) in [5.74, 6) is 3.02. The highest BCUT2D eigenvalue weighted by Gasteiger charge is 2.49. The molecule has 1 nitrogen and oxygen atoms in total. The van der Waals surface area contributed by atoms with E-state index >= 15 is 0 Å². The van der Waals surface area contributed by atoms with Crippen molar-refractivity contribution in [3.63, 3.8) is 0 Å². The molecule has 0 radical (unpaired) electrons. The van der Waals surface area contributed by atoms with Crippen LogP contribution in [-0.2, 0) is 11.3 Å². The van der Waals surface area contributed by atoms with Crippen molar-refractivity contribution in [2.45, 2.75) is 19.1 Å². The van der Waals surface area contributed by atoms with Crippen molar-refractivity contribution < 1.29 is 4.74 Å². The average Bonchev–Trinajstić information content (AvgIpc) is 3.11. The zero-order valence-corrected chi connectivity index (χ0v) is 10.4. The summed E-state index contributed by atoms with van der Waals surface area (Å²) in [6.07, 6.45) is 11.2. The number of hydrogen-bond donors (Lipinski definition) is 0. The minimum absolute atomic E-state index is 0.329. The summed E-state index contributed by atoms with van der Waals surface area (Å²) in [5, 5.41) is 0. The molecule has 0 heterocycles. The van der Waals surface area contributed by atoms with E-state index in [1.54, 1.807) is 0 Å². The number of ether oxygens (including phenoxy) is 1. The Morgan fingerprint density at radius 1 is 0.944 bits per heavy atom. The summed E-state index contributed by atoms with van der Waals surface area (Å²) in [6.45, 7) is 0.736. The van der Waals surface area contributed by atoms with Crippen molar-refractivity contribution in [3.05, 3.63) is 60.2 Å². The molecule has 1 fully saturated rings. The molecule has 1 aromatic rings. The molecule has 0 aromatic heterocycles. The Labute approximate surface area is 108 Å². The van der Waals surface area contributed by atoms with Crippen molar-refractivity contribution in [2.24, 2.45) is 23.7 Å². The van der Waals surface area contributed by atoms with E-state index in [1.165, 1.54) is 12.0 Å². The van der Waals surface area contributed by atoms with Crippen molar-refractivity contribution in [1.29, 1.82) is 0 Å². The van der Waals surface area contributed by atoms with Gasteiger partial charge in [-0.2, -0.15) is 0 Å². The normalized spacial score (nSPS) is 39.4. The Kier molecular flexibility index (Phi) is 2.41. The molecule has 0 saturated heterocycles. The van der Waals surface area contributed by atoms with E-state index in [1.807, 2.05) is 0 Å². The molecule has 5 atom stereocenters. The van der Waals surface area contributed by atoms with Gasteiger partial charge < -0.3 is 4.74 Å². The van der Waals surface area contributed by atoms with Crippen molar-refractivity contribution in [1.82, 2.24) is 0 Å². The van der Waals surface area contributed by atoms with Gasteiger partial charge in [0.2, 0.25) is 0 Å². The molecule has 0 amide bonds. The summed E-state index contributed by atoms with van der Waals surface area (Å²) in [4.78, 5) is 0. The molecule has 1 saturated carbocycles. The molecule has 0 N–H and O–H groups in total. The summed E-state index contributed by atoms with van der Waals surface area (Å²) in [6, 6.07) is 10.5. The van der Waals surface area contributed by atoms with Gasteiger partial charge in [0.1, 0.15) is 0 Å². The minimum Gasteiger partial charge on any atom is -0.369 e. The quantitative estimate of drug-likeness (QED) is 0.731. The van der Waals surface area contributed by atoms with Crippen LogP contribution < -0.4 is 0 Å². The van der Waals surface area contributed by atoms with E-state index in [0.29, 0.717) is 12.0 Å². The monoisotopic (exact) mass is 238 g/mol. The molecule has 0 spiro atoms. The number of hydrogen-bond acceptors (Lipinski definition) is 1. The highest BCUT2D eigenvalue weighted by molar-refractivity contribution is 5.25. The molecule has 1 heteroatoms. The fraction of sp³-hybridized carbons (Fsp3) is 0.412. The second-order valence-electron chi connectivity index (χ2n) is 5.75. The van der Waals surface area contributed by atoms with E-state index in [-0.39, 0.29) is 0 Å². The van der Waals surface area contributed by atoms with Gasteiger partial charge in [0.05, 0.1) is 12.7 Å². The SMILES string of the molecule is C1=CC2CC1C1C=CC(OCc3ccccc3)C21. The molecular weight excluding hydrogens is 220 g/mol. The Bertz CT molecular complexity index is 488. The van der Waals surface area contributed by atoms with Crippen LogP contribution in [-0.4, -0.2) is 6.10 Å². The van der Waals surface area contributed by atoms with E-state index in [2.05, 4.69) is 54.6 Å². The highest BCUT2D eigenvalue weighted by atomic mass is 16.5. The van der Waals surface area contributed by atoms with Crippen LogP contribution in [0.3, 0.4) is 0 Å². The number of fused-ring (bicyclic) bond motifs is 5. The van der Waals surface area contributed by atoms with E-state index in [4.69, 9.17) is 4.74 Å². The molecule has 4 rings (SSSR count). The summed E-state index contributed by atoms with van der Waals surface area (Å²) < 4.78 is 6.13. The molecule has 18 heavy (non-hydrogen) atoms. The van der Waals surface area contributed by atoms with E-state index in [0.717, 1.165) is 24.4 Å². The Hall–Kier alpha value is -1.34. The lowest BCUT2D eigenvalue weighted by molar-refractivity contribution is 0.0240. The zero-order valence-electron chi connectivity index (χ0n) is 10.4. The van der Waals surface area contributed by atoms with Crippen LogP contribution in [0.25, 0.3) is 0 Å². The molecule has 1 aromatic carbocycles. The van der Waals surface area contributed by atoms with Gasteiger partial charge in [0.25, 0.3) is 0 Å². The first-order valence-corrected chi connectivity index (χ1v) is 6.94. The fourth-order valence-corrected chi connectivity index (χ4v) is 3.93. The first-order chi connectivity index (χ1) is 8.92. The summed E-state index contributed by atoms with van der Waals surface area (Å²) in [5.41, 5.74) is 1.27. The number of benzene rings is 1. The van der Waals surface area contributed by atoms with Crippen LogP contribution in [0, 0.1) is 23.7 Å². The lowest BCUT2D eigenvalue weighted by Gasteiger charge is -2.26. The highest BCUT2D eigenvalue weighted by Crippen LogP contribution is 2.53. The van der Waals surface area contributed by atoms with E-state index in [9.17, 15) is 0 Å². The molecule has 92 valence electrons. The standard InChI is InChI=1S/C17H18O/c1-2-4-12(5-3-1)11-18-16-9-8-15-13-6-7-14(10-13)17(15)16/h1-9,13-17H,10-11H2. The van der Waals surface area contributed by atoms with Gasteiger partial charge in [-0.05, 0) is 29.7 Å². The Morgan fingerprint density at radius 3 is 2.67 bits per heavy atom. The van der Waals surface area contributed by atoms with E-state index < -0.39 is 0 Å². The first kappa shape index (κ1) is 10.6. The molecule has 0 aliphatic heterocycles. The van der Waals surface area contributed by atoms with Gasteiger partial charge in [-0.3, -0.25) is 0 Å². The van der Waals surface area contributed by atoms with Crippen LogP contribution in [0.1, 0.15) is 12.0 Å². The maximum Gasteiger partial charge on any atom is 0.0800 e. The Balaban J connectivity index is 1.45. The predicted molar refractivity (Wildman–Crippen MR) is 71.9 cm³/mol. The van der Waals surface area contributed by atoms with Gasteiger partial charge >= 0.3 is 0 Å². The van der Waals surface area contributed by atoms with Crippen molar-refractivity contribution in [2.75, 3.05) is 0 Å². The first-order valence-electron chi connectivity index (χ1n) is 6.94. The second-order valence-corrected chi connectivity index (χ2v) is 5.75. The smallest absolute Gasteiger partial charge is 0.0800 e. The third-order valence-corrected chi connectivity index (χ3v) is 4.77. The van der Waals surface area contributed by atoms with Gasteiger partial charge in [-0.25, -0.2) is 0 Å². The molecule has 5 unspecified atom stereocenters. The predicted octanol–water partition coefficient (Wildman–Crippen LogP) is 3.58. The van der Waals surface area contributed by atoms with Crippen LogP contribution in [0.15, 0.2) is 54.6 Å². The van der Waals surface area contributed by atoms with Gasteiger partial charge in [0.15, 0.2) is 0 Å². The average molecular weight is 238 g/mol. The zero-order chi connectivity index (χ0) is 11.9. The minimum atomic E-state index is 0.329. The topological polar surface area (TPSA) is 9.23 Å². The van der Waals surface area contributed by atoms with Crippen molar-refractivity contribution >= 4 is 0 Å². The summed E-state index contributed by atoms with van der Waals surface area (Å²) >= 11 is 0. The number of allylic oxidation sites excluding steroid dienone is 3. The lowest BCUT2D eigenvalue weighted by Crippen LogP contribution is -2.26. The second kappa shape index (κ2) is 4.10. The molecule has 2 bridgehead atoms. The van der Waals surface area contributed by atoms with Crippen LogP contribution in [0.4, 0.5) is 0 Å². The fourth-order valence-electron chi connectivity index (χ4n) is 3.93. The van der Waals surface area contributed by atoms with Crippen LogP contribution in [0.2, 0.25) is 0 Å². The molecule has 3 aliphatic rings. The Morgan fingerprint density at radius 2 is 1.78 bits per heavy atom. The maximum atomic E-state index is 6.13. The largest absolute Gasteiger partial charge is 0.369 e. The van der Waals surface area contributed by atoms with Crippen LogP contribution in [0.5, 0.6) is 0 Å².